The van der Waals surface area contributed by atoms with Crippen LogP contribution in [-0.4, -0.2) is 19.5 Å². The van der Waals surface area contributed by atoms with Crippen LogP contribution in [0.5, 0.6) is 0 Å². The summed E-state index contributed by atoms with van der Waals surface area (Å²) in [7, 11) is 1.83. The first kappa shape index (κ1) is 19.1. The van der Waals surface area contributed by atoms with Gasteiger partial charge in [-0.3, -0.25) is 4.79 Å². The Labute approximate surface area is 160 Å². The monoisotopic (exact) mass is 389 g/mol. The number of aryl methyl sites for hydroxylation is 1. The summed E-state index contributed by atoms with van der Waals surface area (Å²) in [5.41, 5.74) is 1.99. The zero-order valence-corrected chi connectivity index (χ0v) is 15.7. The molecule has 1 unspecified atom stereocenters. The summed E-state index contributed by atoms with van der Waals surface area (Å²) >= 11 is 6.20. The summed E-state index contributed by atoms with van der Waals surface area (Å²) in [6.07, 6.45) is 0. The fraction of sp³-hybridized carbons (Fsp3) is 0.200. The van der Waals surface area contributed by atoms with Crippen LogP contribution in [0.3, 0.4) is 0 Å². The third kappa shape index (κ3) is 4.72. The zero-order chi connectivity index (χ0) is 19.6. The topological polar surface area (TPSA) is 63.8 Å². The van der Waals surface area contributed by atoms with Crippen LogP contribution >= 0.6 is 11.6 Å². The number of benzene rings is 2. The third-order valence-electron chi connectivity index (χ3n) is 4.17. The Morgan fingerprint density at radius 3 is 2.78 bits per heavy atom. The number of hydrogen-bond acceptors (Lipinski definition) is 3. The minimum absolute atomic E-state index is 0.151. The van der Waals surface area contributed by atoms with Gasteiger partial charge in [0.15, 0.2) is 6.54 Å². The number of likely N-dealkylation sites (N-methyl/N-ethyl adjacent to an activating group) is 1. The van der Waals surface area contributed by atoms with Crippen LogP contribution in [0.15, 0.2) is 51.7 Å². The number of quaternary nitrogens is 1. The van der Waals surface area contributed by atoms with Crippen LogP contribution in [-0.2, 0) is 11.3 Å². The van der Waals surface area contributed by atoms with E-state index in [0.717, 1.165) is 21.4 Å². The standard InChI is InChI=1S/C20H18ClFN2O3/c1-12-6-18-16(9-17(12)21)13(7-20(26)27-18)10-24(2)11-19(25)23-15-5-3-4-14(22)8-15/h3-9H,10-11H2,1-2H3,(H,23,25)/p+1. The fourth-order valence-electron chi connectivity index (χ4n) is 2.93. The average Bonchev–Trinajstić information content (AvgIpc) is 2.56. The van der Waals surface area contributed by atoms with Crippen LogP contribution < -0.4 is 15.8 Å². The van der Waals surface area contributed by atoms with Crippen molar-refractivity contribution in [1.29, 1.82) is 0 Å². The molecule has 0 spiro atoms. The van der Waals surface area contributed by atoms with Crippen molar-refractivity contribution < 1.29 is 18.5 Å². The van der Waals surface area contributed by atoms with Gasteiger partial charge in [0.1, 0.15) is 17.9 Å². The summed E-state index contributed by atoms with van der Waals surface area (Å²) in [6.45, 7) is 2.42. The van der Waals surface area contributed by atoms with E-state index < -0.39 is 11.4 Å². The minimum atomic E-state index is -0.448. The van der Waals surface area contributed by atoms with E-state index in [-0.39, 0.29) is 12.5 Å². The van der Waals surface area contributed by atoms with Crippen molar-refractivity contribution in [2.45, 2.75) is 13.5 Å². The van der Waals surface area contributed by atoms with Gasteiger partial charge < -0.3 is 14.6 Å². The first-order valence-electron chi connectivity index (χ1n) is 8.41. The average molecular weight is 390 g/mol. The second-order valence-electron chi connectivity index (χ2n) is 6.56. The molecule has 3 aromatic rings. The van der Waals surface area contributed by atoms with Crippen molar-refractivity contribution in [2.24, 2.45) is 0 Å². The normalized spacial score (nSPS) is 12.1. The Morgan fingerprint density at radius 1 is 1.26 bits per heavy atom. The molecule has 1 aromatic heterocycles. The Bertz CT molecular complexity index is 1060. The second-order valence-corrected chi connectivity index (χ2v) is 6.96. The number of anilines is 1. The number of nitrogens with one attached hydrogen (secondary N) is 2. The van der Waals surface area contributed by atoms with E-state index in [1.807, 2.05) is 14.0 Å². The lowest BCUT2D eigenvalue weighted by Gasteiger charge is -2.15. The molecule has 7 heteroatoms. The lowest BCUT2D eigenvalue weighted by Crippen LogP contribution is -3.08. The highest BCUT2D eigenvalue weighted by atomic mass is 35.5. The van der Waals surface area contributed by atoms with Gasteiger partial charge in [0.05, 0.1) is 7.05 Å². The predicted molar refractivity (Wildman–Crippen MR) is 103 cm³/mol. The molecular formula is C20H19ClFN2O3+. The van der Waals surface area contributed by atoms with Gasteiger partial charge in [-0.15, -0.1) is 0 Å². The molecule has 0 bridgehead atoms. The van der Waals surface area contributed by atoms with E-state index in [2.05, 4.69) is 5.32 Å². The Balaban J connectivity index is 1.75. The SMILES string of the molecule is Cc1cc2oc(=O)cc(C[NH+](C)CC(=O)Nc3cccc(F)c3)c2cc1Cl. The molecule has 0 fully saturated rings. The molecule has 0 aliphatic rings. The van der Waals surface area contributed by atoms with Crippen molar-refractivity contribution in [3.05, 3.63) is 74.9 Å². The lowest BCUT2D eigenvalue weighted by atomic mass is 10.1. The lowest BCUT2D eigenvalue weighted by molar-refractivity contribution is -0.885. The molecule has 0 radical (unpaired) electrons. The maximum atomic E-state index is 13.2. The number of halogens is 2. The number of carbonyl (C=O) groups excluding carboxylic acids is 1. The summed E-state index contributed by atoms with van der Waals surface area (Å²) in [6, 6.07) is 10.6. The highest BCUT2D eigenvalue weighted by molar-refractivity contribution is 6.32. The quantitative estimate of drug-likeness (QED) is 0.659. The van der Waals surface area contributed by atoms with Gasteiger partial charge in [-0.25, -0.2) is 9.18 Å². The molecule has 2 N–H and O–H groups in total. The fourth-order valence-corrected chi connectivity index (χ4v) is 3.09. The largest absolute Gasteiger partial charge is 0.423 e. The van der Waals surface area contributed by atoms with Crippen LogP contribution in [0.1, 0.15) is 11.1 Å². The maximum Gasteiger partial charge on any atom is 0.336 e. The summed E-state index contributed by atoms with van der Waals surface area (Å²) in [5.74, 6) is -0.664. The van der Waals surface area contributed by atoms with E-state index in [9.17, 15) is 14.0 Å². The van der Waals surface area contributed by atoms with E-state index in [0.29, 0.717) is 22.8 Å². The van der Waals surface area contributed by atoms with E-state index >= 15 is 0 Å². The van der Waals surface area contributed by atoms with Gasteiger partial charge in [-0.05, 0) is 42.8 Å². The molecule has 5 nitrogen and oxygen atoms in total. The van der Waals surface area contributed by atoms with Crippen LogP contribution in [0.25, 0.3) is 11.0 Å². The van der Waals surface area contributed by atoms with Gasteiger partial charge in [0, 0.05) is 27.7 Å². The molecule has 3 rings (SSSR count). The van der Waals surface area contributed by atoms with Gasteiger partial charge >= 0.3 is 5.63 Å². The second kappa shape index (κ2) is 7.90. The van der Waals surface area contributed by atoms with Gasteiger partial charge in [0.2, 0.25) is 0 Å². The van der Waals surface area contributed by atoms with Crippen LogP contribution in [0, 0.1) is 12.7 Å². The summed E-state index contributed by atoms with van der Waals surface area (Å²) < 4.78 is 18.5. The Morgan fingerprint density at radius 2 is 2.04 bits per heavy atom. The van der Waals surface area contributed by atoms with E-state index in [4.69, 9.17) is 16.0 Å². The Hall–Kier alpha value is -2.70. The first-order valence-corrected chi connectivity index (χ1v) is 8.79. The van der Waals surface area contributed by atoms with E-state index in [1.54, 1.807) is 18.2 Å². The van der Waals surface area contributed by atoms with E-state index in [1.165, 1.54) is 24.3 Å². The molecule has 0 aliphatic heterocycles. The summed E-state index contributed by atoms with van der Waals surface area (Å²) in [5, 5.41) is 3.99. The minimum Gasteiger partial charge on any atom is -0.423 e. The third-order valence-corrected chi connectivity index (χ3v) is 4.58. The first-order chi connectivity index (χ1) is 12.8. The molecule has 1 heterocycles. The van der Waals surface area contributed by atoms with Crippen LogP contribution in [0.2, 0.25) is 5.02 Å². The number of fused-ring (bicyclic) bond motifs is 1. The van der Waals surface area contributed by atoms with Gasteiger partial charge in [-0.1, -0.05) is 17.7 Å². The number of hydrogen-bond donors (Lipinski definition) is 2. The molecule has 0 aliphatic carbocycles. The van der Waals surface area contributed by atoms with Crippen molar-refractivity contribution >= 4 is 34.2 Å². The number of rotatable bonds is 5. The van der Waals surface area contributed by atoms with Crippen molar-refractivity contribution in [1.82, 2.24) is 0 Å². The molecular weight excluding hydrogens is 371 g/mol. The molecule has 1 atom stereocenters. The Kier molecular flexibility index (Phi) is 5.58. The molecule has 0 saturated carbocycles. The van der Waals surface area contributed by atoms with Gasteiger partial charge in [-0.2, -0.15) is 0 Å². The summed E-state index contributed by atoms with van der Waals surface area (Å²) in [4.78, 5) is 24.9. The highest BCUT2D eigenvalue weighted by Gasteiger charge is 2.15. The zero-order valence-electron chi connectivity index (χ0n) is 14.9. The van der Waals surface area contributed by atoms with Crippen molar-refractivity contribution in [3.63, 3.8) is 0 Å². The molecule has 2 aromatic carbocycles. The van der Waals surface area contributed by atoms with Gasteiger partial charge in [0.25, 0.3) is 5.91 Å². The predicted octanol–water partition coefficient (Wildman–Crippen LogP) is 2.55. The molecule has 0 saturated heterocycles. The molecule has 27 heavy (non-hydrogen) atoms. The van der Waals surface area contributed by atoms with Crippen LogP contribution in [0.4, 0.5) is 10.1 Å². The number of amides is 1. The molecule has 1 amide bonds. The maximum absolute atomic E-state index is 13.2. The molecule has 140 valence electrons. The smallest absolute Gasteiger partial charge is 0.336 e. The van der Waals surface area contributed by atoms with Crippen molar-refractivity contribution in [2.75, 3.05) is 18.9 Å². The number of carbonyl (C=O) groups is 1. The van der Waals surface area contributed by atoms with Crippen molar-refractivity contribution in [3.8, 4) is 0 Å². The highest BCUT2D eigenvalue weighted by Crippen LogP contribution is 2.24.